The van der Waals surface area contributed by atoms with Crippen molar-refractivity contribution >= 4 is 5.91 Å². The van der Waals surface area contributed by atoms with Crippen molar-refractivity contribution in [3.63, 3.8) is 0 Å². The molecule has 5 nitrogen and oxygen atoms in total. The number of aliphatic hydroxyl groups is 3. The van der Waals surface area contributed by atoms with Crippen molar-refractivity contribution in [3.8, 4) is 0 Å². The van der Waals surface area contributed by atoms with E-state index in [1.165, 1.54) is 270 Å². The highest BCUT2D eigenvalue weighted by molar-refractivity contribution is 5.80. The first-order chi connectivity index (χ1) is 34.6. The number of aliphatic hydroxyl groups excluding tert-OH is 3. The van der Waals surface area contributed by atoms with E-state index in [1.54, 1.807) is 6.08 Å². The number of rotatable bonds is 58. The maximum atomic E-state index is 12.6. The largest absolute Gasteiger partial charge is 0.394 e. The number of amides is 1. The van der Waals surface area contributed by atoms with Gasteiger partial charge in [0.25, 0.3) is 0 Å². The van der Waals surface area contributed by atoms with Gasteiger partial charge in [0.1, 0.15) is 6.10 Å². The predicted octanol–water partition coefficient (Wildman–Crippen LogP) is 20.0. The molecule has 0 saturated heterocycles. The standard InChI is InChI=1S/C65H123NO4/c1-3-5-7-9-11-13-15-17-19-21-23-25-27-29-30-31-32-33-34-35-36-38-40-42-44-46-48-50-52-54-56-58-60-64(69)65(70)66-62(61-67)63(68)59-57-55-53-51-49-47-45-43-41-39-37-28-26-24-22-20-18-16-14-12-10-8-6-4-2/h29-30,41,43,49,51,57,59,62-64,67-69H,3-28,31-40,42,44-48,50,52-56,58,60-61H2,1-2H3,(H,66,70)/b30-29-,43-41+,51-49+,59-57+. The lowest BCUT2D eigenvalue weighted by Crippen LogP contribution is -2.48. The van der Waals surface area contributed by atoms with Crippen LogP contribution in [0, 0.1) is 0 Å². The molecule has 3 unspecified atom stereocenters. The summed E-state index contributed by atoms with van der Waals surface area (Å²) < 4.78 is 0. The van der Waals surface area contributed by atoms with Crippen LogP contribution in [0.1, 0.15) is 335 Å². The third kappa shape index (κ3) is 54.1. The van der Waals surface area contributed by atoms with Crippen LogP contribution in [0.2, 0.25) is 0 Å². The second kappa shape index (κ2) is 59.9. The molecule has 0 spiro atoms. The van der Waals surface area contributed by atoms with E-state index < -0.39 is 24.2 Å². The molecule has 412 valence electrons. The van der Waals surface area contributed by atoms with Crippen LogP contribution >= 0.6 is 0 Å². The molecule has 70 heavy (non-hydrogen) atoms. The molecule has 0 aromatic heterocycles. The molecule has 0 heterocycles. The maximum absolute atomic E-state index is 12.6. The fourth-order valence-electron chi connectivity index (χ4n) is 9.75. The normalized spacial score (nSPS) is 13.5. The number of unbranched alkanes of at least 4 members (excludes halogenated alkanes) is 44. The summed E-state index contributed by atoms with van der Waals surface area (Å²) in [7, 11) is 0. The van der Waals surface area contributed by atoms with Gasteiger partial charge < -0.3 is 20.6 Å². The molecule has 0 aliphatic heterocycles. The molecular weight excluding hydrogens is 859 g/mol. The van der Waals surface area contributed by atoms with Gasteiger partial charge in [0.15, 0.2) is 0 Å². The van der Waals surface area contributed by atoms with E-state index in [1.807, 2.05) is 6.08 Å². The Kier molecular flexibility index (Phi) is 58.4. The first-order valence-corrected chi connectivity index (χ1v) is 31.5. The Bertz CT molecular complexity index is 1130. The van der Waals surface area contributed by atoms with Crippen molar-refractivity contribution in [1.82, 2.24) is 5.32 Å². The summed E-state index contributed by atoms with van der Waals surface area (Å²) in [5.41, 5.74) is 0. The Morgan fingerprint density at radius 2 is 0.586 bits per heavy atom. The van der Waals surface area contributed by atoms with E-state index in [0.717, 1.165) is 44.9 Å². The molecule has 0 saturated carbocycles. The van der Waals surface area contributed by atoms with Gasteiger partial charge in [-0.2, -0.15) is 0 Å². The Balaban J connectivity index is 3.57. The molecule has 0 rings (SSSR count). The van der Waals surface area contributed by atoms with Crippen LogP contribution < -0.4 is 5.32 Å². The van der Waals surface area contributed by atoms with Gasteiger partial charge >= 0.3 is 0 Å². The second-order valence-electron chi connectivity index (χ2n) is 21.6. The van der Waals surface area contributed by atoms with Crippen LogP contribution in [0.15, 0.2) is 48.6 Å². The van der Waals surface area contributed by atoms with Gasteiger partial charge in [0, 0.05) is 0 Å². The summed E-state index contributed by atoms with van der Waals surface area (Å²) in [6, 6.07) is -0.823. The van der Waals surface area contributed by atoms with Crippen molar-refractivity contribution in [1.29, 1.82) is 0 Å². The molecule has 3 atom stereocenters. The van der Waals surface area contributed by atoms with E-state index >= 15 is 0 Å². The van der Waals surface area contributed by atoms with Crippen molar-refractivity contribution < 1.29 is 20.1 Å². The number of hydrogen-bond donors (Lipinski definition) is 4. The smallest absolute Gasteiger partial charge is 0.249 e. The number of hydrogen-bond acceptors (Lipinski definition) is 4. The third-order valence-corrected chi connectivity index (χ3v) is 14.6. The summed E-state index contributed by atoms with van der Waals surface area (Å²) in [5.74, 6) is -0.513. The summed E-state index contributed by atoms with van der Waals surface area (Å²) in [6.45, 7) is 4.21. The number of allylic oxidation sites excluding steroid dienone is 7. The average molecular weight is 983 g/mol. The minimum atomic E-state index is -1.11. The number of carbonyl (C=O) groups excluding carboxylic acids is 1. The van der Waals surface area contributed by atoms with Crippen LogP contribution in [-0.4, -0.2) is 46.1 Å². The fourth-order valence-corrected chi connectivity index (χ4v) is 9.75. The van der Waals surface area contributed by atoms with Gasteiger partial charge in [0.05, 0.1) is 18.8 Å². The predicted molar refractivity (Wildman–Crippen MR) is 310 cm³/mol. The maximum Gasteiger partial charge on any atom is 0.249 e. The SMILES string of the molecule is CCCCCCCCCCCCCC/C=C\CCCCCCCCCCCCCCCCCCC(O)C(=O)NC(CO)C(O)/C=C/CC/C=C/CC/C=C/CCCCCCCCCCCCCCCC. The van der Waals surface area contributed by atoms with Crippen molar-refractivity contribution in [3.05, 3.63) is 48.6 Å². The van der Waals surface area contributed by atoms with E-state index in [0.29, 0.717) is 6.42 Å². The molecule has 0 aromatic carbocycles. The van der Waals surface area contributed by atoms with Crippen molar-refractivity contribution in [2.75, 3.05) is 6.61 Å². The summed E-state index contributed by atoms with van der Waals surface area (Å²) in [6.07, 6.45) is 80.8. The van der Waals surface area contributed by atoms with Gasteiger partial charge in [-0.3, -0.25) is 4.79 Å². The number of nitrogens with one attached hydrogen (secondary N) is 1. The van der Waals surface area contributed by atoms with Crippen LogP contribution in [-0.2, 0) is 4.79 Å². The molecule has 0 radical (unpaired) electrons. The third-order valence-electron chi connectivity index (χ3n) is 14.6. The molecule has 0 aromatic rings. The Morgan fingerprint density at radius 1 is 0.343 bits per heavy atom. The highest BCUT2D eigenvalue weighted by Crippen LogP contribution is 2.18. The van der Waals surface area contributed by atoms with Crippen LogP contribution in [0.3, 0.4) is 0 Å². The topological polar surface area (TPSA) is 89.8 Å². The molecule has 5 heteroatoms. The van der Waals surface area contributed by atoms with Gasteiger partial charge in [0.2, 0.25) is 5.91 Å². The molecule has 0 aliphatic rings. The minimum Gasteiger partial charge on any atom is -0.394 e. The van der Waals surface area contributed by atoms with Crippen molar-refractivity contribution in [2.45, 2.75) is 353 Å². The second-order valence-corrected chi connectivity index (χ2v) is 21.6. The zero-order valence-corrected chi connectivity index (χ0v) is 47.2. The van der Waals surface area contributed by atoms with E-state index in [-0.39, 0.29) is 6.61 Å². The van der Waals surface area contributed by atoms with Crippen molar-refractivity contribution in [2.24, 2.45) is 0 Å². The zero-order chi connectivity index (χ0) is 50.7. The zero-order valence-electron chi connectivity index (χ0n) is 47.2. The van der Waals surface area contributed by atoms with Gasteiger partial charge in [-0.15, -0.1) is 0 Å². The summed E-state index contributed by atoms with van der Waals surface area (Å²) in [5, 5.41) is 33.4. The summed E-state index contributed by atoms with van der Waals surface area (Å²) in [4.78, 5) is 12.6. The Morgan fingerprint density at radius 3 is 0.871 bits per heavy atom. The first-order valence-electron chi connectivity index (χ1n) is 31.5. The lowest BCUT2D eigenvalue weighted by atomic mass is 10.0. The average Bonchev–Trinajstić information content (AvgIpc) is 3.36. The fraction of sp³-hybridized carbons (Fsp3) is 0.862. The highest BCUT2D eigenvalue weighted by atomic mass is 16.3. The molecule has 0 fully saturated rings. The lowest BCUT2D eigenvalue weighted by Gasteiger charge is -2.21. The summed E-state index contributed by atoms with van der Waals surface area (Å²) >= 11 is 0. The molecular formula is C65H123NO4. The molecule has 1 amide bonds. The van der Waals surface area contributed by atoms with E-state index in [2.05, 4.69) is 55.6 Å². The lowest BCUT2D eigenvalue weighted by molar-refractivity contribution is -0.131. The van der Waals surface area contributed by atoms with Gasteiger partial charge in [-0.05, 0) is 70.6 Å². The molecule has 0 bridgehead atoms. The Hall–Kier alpha value is -1.69. The minimum absolute atomic E-state index is 0.380. The van der Waals surface area contributed by atoms with E-state index in [4.69, 9.17) is 0 Å². The first kappa shape index (κ1) is 68.3. The van der Waals surface area contributed by atoms with Crippen LogP contribution in [0.4, 0.5) is 0 Å². The number of carbonyl (C=O) groups is 1. The molecule has 4 N–H and O–H groups in total. The highest BCUT2D eigenvalue weighted by Gasteiger charge is 2.22. The Labute approximate surface area is 437 Å². The molecule has 0 aliphatic carbocycles. The monoisotopic (exact) mass is 982 g/mol. The van der Waals surface area contributed by atoms with Crippen LogP contribution in [0.25, 0.3) is 0 Å². The quantitative estimate of drug-likeness (QED) is 0.0361. The van der Waals surface area contributed by atoms with Gasteiger partial charge in [-0.25, -0.2) is 0 Å². The van der Waals surface area contributed by atoms with Crippen LogP contribution in [0.5, 0.6) is 0 Å². The van der Waals surface area contributed by atoms with E-state index in [9.17, 15) is 20.1 Å². The van der Waals surface area contributed by atoms with Gasteiger partial charge in [-0.1, -0.05) is 313 Å².